The molecule has 0 radical (unpaired) electrons. The first-order valence-electron chi connectivity index (χ1n) is 5.85. The Morgan fingerprint density at radius 2 is 2.33 bits per heavy atom. The van der Waals surface area contributed by atoms with E-state index in [1.165, 1.54) is 22.5 Å². The largest absolute Gasteiger partial charge is 0.321 e. The number of rotatable bonds is 2. The van der Waals surface area contributed by atoms with Crippen molar-refractivity contribution in [2.24, 2.45) is 0 Å². The molecular weight excluding hydrogens is 246 g/mol. The van der Waals surface area contributed by atoms with Gasteiger partial charge in [-0.1, -0.05) is 6.07 Å². The van der Waals surface area contributed by atoms with Gasteiger partial charge in [0.25, 0.3) is 5.91 Å². The summed E-state index contributed by atoms with van der Waals surface area (Å²) < 4.78 is 0. The number of anilines is 1. The van der Waals surface area contributed by atoms with Crippen LogP contribution in [0.1, 0.15) is 20.8 Å². The lowest BCUT2D eigenvalue weighted by atomic mass is 10.0. The molecule has 92 valence electrons. The number of nitrogens with zero attached hydrogens (tertiary/aromatic N) is 1. The summed E-state index contributed by atoms with van der Waals surface area (Å²) >= 11 is 1.34. The summed E-state index contributed by atoms with van der Waals surface area (Å²) in [6.45, 7) is 1.90. The molecule has 0 bridgehead atoms. The average molecular weight is 259 g/mol. The number of hydrogen-bond acceptors (Lipinski definition) is 4. The summed E-state index contributed by atoms with van der Waals surface area (Å²) in [5, 5.41) is 6.23. The van der Waals surface area contributed by atoms with Crippen LogP contribution in [0.2, 0.25) is 0 Å². The number of carbonyl (C=O) groups excluding carboxylic acids is 1. The third-order valence-corrected chi connectivity index (χ3v) is 3.78. The maximum atomic E-state index is 11.9. The van der Waals surface area contributed by atoms with E-state index in [0.717, 1.165) is 25.2 Å². The van der Waals surface area contributed by atoms with E-state index in [2.05, 4.69) is 21.7 Å². The smallest absolute Gasteiger partial charge is 0.267 e. The molecule has 2 aromatic rings. The second-order valence-electron chi connectivity index (χ2n) is 4.23. The van der Waals surface area contributed by atoms with Gasteiger partial charge in [0.05, 0.1) is 11.7 Å². The first-order chi connectivity index (χ1) is 8.83. The summed E-state index contributed by atoms with van der Waals surface area (Å²) in [5.41, 5.74) is 5.13. The van der Waals surface area contributed by atoms with E-state index in [0.29, 0.717) is 4.88 Å². The molecule has 1 aliphatic rings. The number of aromatic nitrogens is 1. The van der Waals surface area contributed by atoms with Crippen LogP contribution in [-0.4, -0.2) is 17.4 Å². The molecule has 1 amide bonds. The maximum Gasteiger partial charge on any atom is 0.267 e. The summed E-state index contributed by atoms with van der Waals surface area (Å²) in [6, 6.07) is 6.10. The minimum absolute atomic E-state index is 0.0961. The van der Waals surface area contributed by atoms with Gasteiger partial charge in [0.2, 0.25) is 0 Å². The quantitative estimate of drug-likeness (QED) is 0.867. The average Bonchev–Trinajstić information content (AvgIpc) is 2.92. The summed E-state index contributed by atoms with van der Waals surface area (Å²) in [5.74, 6) is -0.0961. The van der Waals surface area contributed by atoms with Crippen LogP contribution in [0.25, 0.3) is 0 Å². The zero-order chi connectivity index (χ0) is 12.4. The molecule has 2 heterocycles. The third-order valence-electron chi connectivity index (χ3n) is 3.01. The van der Waals surface area contributed by atoms with Crippen molar-refractivity contribution in [3.8, 4) is 0 Å². The molecule has 0 spiro atoms. The zero-order valence-electron chi connectivity index (χ0n) is 9.77. The Kier molecular flexibility index (Phi) is 3.08. The second-order valence-corrected chi connectivity index (χ2v) is 5.12. The van der Waals surface area contributed by atoms with E-state index in [4.69, 9.17) is 0 Å². The van der Waals surface area contributed by atoms with Crippen molar-refractivity contribution < 1.29 is 4.79 Å². The van der Waals surface area contributed by atoms with Gasteiger partial charge in [-0.15, -0.1) is 11.3 Å². The topological polar surface area (TPSA) is 54.0 Å². The van der Waals surface area contributed by atoms with E-state index in [-0.39, 0.29) is 5.91 Å². The van der Waals surface area contributed by atoms with Crippen LogP contribution in [0.15, 0.2) is 29.9 Å². The number of carbonyl (C=O) groups is 1. The first-order valence-corrected chi connectivity index (χ1v) is 6.73. The zero-order valence-corrected chi connectivity index (χ0v) is 10.6. The summed E-state index contributed by atoms with van der Waals surface area (Å²) in [7, 11) is 0. The minimum atomic E-state index is -0.0961. The van der Waals surface area contributed by atoms with Gasteiger partial charge in [-0.05, 0) is 36.2 Å². The van der Waals surface area contributed by atoms with E-state index < -0.39 is 0 Å². The van der Waals surface area contributed by atoms with E-state index >= 15 is 0 Å². The van der Waals surface area contributed by atoms with Crippen LogP contribution < -0.4 is 10.6 Å². The van der Waals surface area contributed by atoms with Gasteiger partial charge < -0.3 is 10.6 Å². The Balaban J connectivity index is 1.79. The van der Waals surface area contributed by atoms with Crippen LogP contribution in [0, 0.1) is 0 Å². The van der Waals surface area contributed by atoms with Gasteiger partial charge in [-0.2, -0.15) is 0 Å². The number of fused-ring (bicyclic) bond motifs is 1. The Bertz CT molecular complexity index is 566. The van der Waals surface area contributed by atoms with Crippen molar-refractivity contribution in [1.29, 1.82) is 0 Å². The molecule has 1 aliphatic heterocycles. The van der Waals surface area contributed by atoms with E-state index in [9.17, 15) is 4.79 Å². The second kappa shape index (κ2) is 4.88. The maximum absolute atomic E-state index is 11.9. The molecule has 0 saturated heterocycles. The standard InChI is InChI=1S/C13H13N3OS/c17-13(12-7-15-8-18-12)16-11-2-1-9-3-4-14-6-10(9)5-11/h1-2,5,7-8,14H,3-4,6H2,(H,16,17). The summed E-state index contributed by atoms with van der Waals surface area (Å²) in [6.07, 6.45) is 2.64. The molecule has 4 nitrogen and oxygen atoms in total. The number of nitrogens with one attached hydrogen (secondary N) is 2. The molecule has 0 unspecified atom stereocenters. The van der Waals surface area contributed by atoms with Crippen molar-refractivity contribution in [3.63, 3.8) is 0 Å². The van der Waals surface area contributed by atoms with Gasteiger partial charge in [0.15, 0.2) is 0 Å². The molecule has 3 rings (SSSR count). The van der Waals surface area contributed by atoms with Crippen LogP contribution in [0.3, 0.4) is 0 Å². The molecule has 0 fully saturated rings. The predicted octanol–water partition coefficient (Wildman–Crippen LogP) is 2.04. The molecule has 5 heteroatoms. The monoisotopic (exact) mass is 259 g/mol. The molecular formula is C13H13N3OS. The van der Waals surface area contributed by atoms with E-state index in [1.807, 2.05) is 12.1 Å². The molecule has 2 N–H and O–H groups in total. The van der Waals surface area contributed by atoms with Gasteiger partial charge >= 0.3 is 0 Å². The molecule has 0 saturated carbocycles. The number of amides is 1. The van der Waals surface area contributed by atoms with Crippen LogP contribution >= 0.6 is 11.3 Å². The molecule has 18 heavy (non-hydrogen) atoms. The highest BCUT2D eigenvalue weighted by Crippen LogP contribution is 2.20. The number of benzene rings is 1. The highest BCUT2D eigenvalue weighted by Gasteiger charge is 2.11. The fourth-order valence-electron chi connectivity index (χ4n) is 2.08. The first kappa shape index (κ1) is 11.4. The molecule has 0 aliphatic carbocycles. The molecule has 1 aromatic heterocycles. The van der Waals surface area contributed by atoms with E-state index in [1.54, 1.807) is 11.7 Å². The highest BCUT2D eigenvalue weighted by atomic mass is 32.1. The van der Waals surface area contributed by atoms with Crippen molar-refractivity contribution in [2.75, 3.05) is 11.9 Å². The lowest BCUT2D eigenvalue weighted by Gasteiger charge is -2.17. The van der Waals surface area contributed by atoms with Crippen molar-refractivity contribution in [1.82, 2.24) is 10.3 Å². The Morgan fingerprint density at radius 1 is 1.39 bits per heavy atom. The van der Waals surface area contributed by atoms with Gasteiger partial charge in [0, 0.05) is 12.2 Å². The van der Waals surface area contributed by atoms with Gasteiger partial charge in [-0.25, -0.2) is 0 Å². The fraction of sp³-hybridized carbons (Fsp3) is 0.231. The van der Waals surface area contributed by atoms with Crippen molar-refractivity contribution >= 4 is 22.9 Å². The molecule has 1 aromatic carbocycles. The van der Waals surface area contributed by atoms with Crippen molar-refractivity contribution in [3.05, 3.63) is 45.9 Å². The molecule has 0 atom stereocenters. The third kappa shape index (κ3) is 2.27. The van der Waals surface area contributed by atoms with Crippen LogP contribution in [0.5, 0.6) is 0 Å². The Morgan fingerprint density at radius 3 is 3.17 bits per heavy atom. The Labute approximate surface area is 109 Å². The minimum Gasteiger partial charge on any atom is -0.321 e. The van der Waals surface area contributed by atoms with Crippen LogP contribution in [-0.2, 0) is 13.0 Å². The highest BCUT2D eigenvalue weighted by molar-refractivity contribution is 7.11. The van der Waals surface area contributed by atoms with Crippen LogP contribution in [0.4, 0.5) is 5.69 Å². The fourth-order valence-corrected chi connectivity index (χ4v) is 2.59. The lowest BCUT2D eigenvalue weighted by Crippen LogP contribution is -2.23. The normalized spacial score (nSPS) is 14.0. The number of thiazole rings is 1. The van der Waals surface area contributed by atoms with Gasteiger partial charge in [0.1, 0.15) is 4.88 Å². The van der Waals surface area contributed by atoms with Crippen molar-refractivity contribution in [2.45, 2.75) is 13.0 Å². The SMILES string of the molecule is O=C(Nc1ccc2c(c1)CNCC2)c1cncs1. The summed E-state index contributed by atoms with van der Waals surface area (Å²) in [4.78, 5) is 16.4. The lowest BCUT2D eigenvalue weighted by molar-refractivity contribution is 0.103. The van der Waals surface area contributed by atoms with Gasteiger partial charge in [-0.3, -0.25) is 9.78 Å². The Hall–Kier alpha value is -1.72. The number of hydrogen-bond donors (Lipinski definition) is 2. The predicted molar refractivity (Wildman–Crippen MR) is 71.9 cm³/mol.